The van der Waals surface area contributed by atoms with E-state index in [4.69, 9.17) is 11.6 Å². The minimum absolute atomic E-state index is 0.179. The van der Waals surface area contributed by atoms with Crippen LogP contribution < -0.4 is 5.32 Å². The van der Waals surface area contributed by atoms with Gasteiger partial charge in [-0.2, -0.15) is 0 Å². The first-order valence-electron chi connectivity index (χ1n) is 6.26. The second kappa shape index (κ2) is 6.56. The molecule has 0 unspecified atom stereocenters. The number of nitrogens with one attached hydrogen (secondary N) is 1. The van der Waals surface area contributed by atoms with Crippen LogP contribution in [-0.2, 0) is 0 Å². The van der Waals surface area contributed by atoms with Gasteiger partial charge in [0, 0.05) is 16.9 Å². The van der Waals surface area contributed by atoms with Crippen molar-refractivity contribution in [3.8, 4) is 10.6 Å². The highest BCUT2D eigenvalue weighted by Gasteiger charge is 2.15. The number of nitrogens with zero attached hydrogens (tertiary/aromatic N) is 2. The molecule has 7 heteroatoms. The molecular formula is C15H9BrClN3OS. The van der Waals surface area contributed by atoms with Crippen LogP contribution >= 0.6 is 38.9 Å². The predicted molar refractivity (Wildman–Crippen MR) is 92.5 cm³/mol. The smallest absolute Gasteiger partial charge is 0.258 e. The molecule has 0 atom stereocenters. The zero-order chi connectivity index (χ0) is 15.5. The molecule has 22 heavy (non-hydrogen) atoms. The minimum atomic E-state index is -0.296. The van der Waals surface area contributed by atoms with E-state index in [9.17, 15) is 4.79 Å². The van der Waals surface area contributed by atoms with Crippen LogP contribution in [0.15, 0.2) is 52.6 Å². The number of hydrogen-bond donors (Lipinski definition) is 1. The number of amides is 1. The maximum absolute atomic E-state index is 12.3. The van der Waals surface area contributed by atoms with Crippen molar-refractivity contribution in [2.24, 2.45) is 0 Å². The summed E-state index contributed by atoms with van der Waals surface area (Å²) in [4.78, 5) is 21.5. The van der Waals surface area contributed by atoms with Gasteiger partial charge in [-0.1, -0.05) is 11.6 Å². The molecular weight excluding hydrogens is 386 g/mol. The number of carbonyl (C=O) groups is 1. The molecule has 0 spiro atoms. The fourth-order valence-corrected chi connectivity index (χ4v) is 3.13. The third-order valence-electron chi connectivity index (χ3n) is 2.88. The molecule has 3 heterocycles. The van der Waals surface area contributed by atoms with Crippen molar-refractivity contribution < 1.29 is 4.79 Å². The molecule has 1 amide bonds. The van der Waals surface area contributed by atoms with Gasteiger partial charge in [0.1, 0.15) is 5.15 Å². The largest absolute Gasteiger partial charge is 0.321 e. The van der Waals surface area contributed by atoms with E-state index in [2.05, 4.69) is 31.2 Å². The van der Waals surface area contributed by atoms with Gasteiger partial charge in [-0.05, 0) is 51.6 Å². The average molecular weight is 395 g/mol. The number of thiophene rings is 1. The number of carbonyl (C=O) groups excluding carboxylic acids is 1. The van der Waals surface area contributed by atoms with Crippen LogP contribution in [0.2, 0.25) is 5.15 Å². The van der Waals surface area contributed by atoms with Crippen LogP contribution in [0.25, 0.3) is 10.6 Å². The second-order valence-corrected chi connectivity index (χ2v) is 6.51. The molecule has 0 aliphatic rings. The van der Waals surface area contributed by atoms with Crippen LogP contribution in [-0.4, -0.2) is 15.9 Å². The lowest BCUT2D eigenvalue weighted by atomic mass is 10.2. The number of pyridine rings is 2. The maximum Gasteiger partial charge on any atom is 0.258 e. The summed E-state index contributed by atoms with van der Waals surface area (Å²) >= 11 is 10.8. The number of rotatable bonds is 3. The topological polar surface area (TPSA) is 54.9 Å². The molecule has 110 valence electrons. The Balaban J connectivity index is 1.88. The van der Waals surface area contributed by atoms with Crippen LogP contribution in [0, 0.1) is 0 Å². The van der Waals surface area contributed by atoms with Crippen molar-refractivity contribution >= 4 is 50.5 Å². The third kappa shape index (κ3) is 3.19. The molecule has 0 aliphatic heterocycles. The first-order chi connectivity index (χ1) is 10.6. The summed E-state index contributed by atoms with van der Waals surface area (Å²) in [5.74, 6) is -0.296. The van der Waals surface area contributed by atoms with E-state index in [1.165, 1.54) is 11.3 Å². The normalized spacial score (nSPS) is 10.5. The second-order valence-electron chi connectivity index (χ2n) is 4.32. The lowest BCUT2D eigenvalue weighted by Crippen LogP contribution is -2.12. The van der Waals surface area contributed by atoms with Gasteiger partial charge in [-0.25, -0.2) is 4.98 Å². The highest BCUT2D eigenvalue weighted by Crippen LogP contribution is 2.33. The fraction of sp³-hybridized carbons (Fsp3) is 0. The first-order valence-corrected chi connectivity index (χ1v) is 8.31. The molecule has 3 aromatic rings. The molecule has 0 bridgehead atoms. The van der Waals surface area contributed by atoms with Gasteiger partial charge in [0.15, 0.2) is 0 Å². The summed E-state index contributed by atoms with van der Waals surface area (Å²) in [6, 6.07) is 8.94. The molecule has 3 rings (SSSR count). The number of anilines is 1. The van der Waals surface area contributed by atoms with Gasteiger partial charge in [-0.3, -0.25) is 9.78 Å². The molecule has 3 aromatic heterocycles. The molecule has 0 saturated heterocycles. The number of halogens is 2. The van der Waals surface area contributed by atoms with Crippen LogP contribution in [0.3, 0.4) is 0 Å². The van der Waals surface area contributed by atoms with E-state index in [0.29, 0.717) is 11.3 Å². The Morgan fingerprint density at radius 2 is 2.09 bits per heavy atom. The van der Waals surface area contributed by atoms with Crippen LogP contribution in [0.4, 0.5) is 5.69 Å². The number of hydrogen-bond acceptors (Lipinski definition) is 4. The lowest BCUT2D eigenvalue weighted by molar-refractivity contribution is 0.102. The molecule has 1 N–H and O–H groups in total. The molecule has 0 aliphatic carbocycles. The van der Waals surface area contributed by atoms with Gasteiger partial charge in [-0.15, -0.1) is 11.3 Å². The highest BCUT2D eigenvalue weighted by atomic mass is 79.9. The third-order valence-corrected chi connectivity index (χ3v) is 4.58. The van der Waals surface area contributed by atoms with E-state index in [-0.39, 0.29) is 11.1 Å². The minimum Gasteiger partial charge on any atom is -0.321 e. The van der Waals surface area contributed by atoms with E-state index >= 15 is 0 Å². The van der Waals surface area contributed by atoms with Crippen molar-refractivity contribution in [1.29, 1.82) is 0 Å². The van der Waals surface area contributed by atoms with Crippen molar-refractivity contribution in [3.05, 3.63) is 63.3 Å². The van der Waals surface area contributed by atoms with Gasteiger partial charge >= 0.3 is 0 Å². The summed E-state index contributed by atoms with van der Waals surface area (Å²) in [6.07, 6.45) is 3.26. The SMILES string of the molecule is O=C(Nc1ccsc1-c1ccc(Br)cn1)c1cccnc1Cl. The zero-order valence-electron chi connectivity index (χ0n) is 11.1. The van der Waals surface area contributed by atoms with Crippen molar-refractivity contribution in [3.63, 3.8) is 0 Å². The molecule has 0 fully saturated rings. The van der Waals surface area contributed by atoms with E-state index < -0.39 is 0 Å². The van der Waals surface area contributed by atoms with Crippen LogP contribution in [0.5, 0.6) is 0 Å². The van der Waals surface area contributed by atoms with Gasteiger partial charge in [0.25, 0.3) is 5.91 Å². The Morgan fingerprint density at radius 3 is 2.82 bits per heavy atom. The van der Waals surface area contributed by atoms with E-state index in [0.717, 1.165) is 15.0 Å². The zero-order valence-corrected chi connectivity index (χ0v) is 14.2. The summed E-state index contributed by atoms with van der Waals surface area (Å²) in [7, 11) is 0. The first kappa shape index (κ1) is 15.1. The molecule has 0 aromatic carbocycles. The number of aromatic nitrogens is 2. The molecule has 4 nitrogen and oxygen atoms in total. The monoisotopic (exact) mass is 393 g/mol. The van der Waals surface area contributed by atoms with E-state index in [1.54, 1.807) is 24.5 Å². The Kier molecular flexibility index (Phi) is 4.52. The van der Waals surface area contributed by atoms with Gasteiger partial charge in [0.05, 0.1) is 21.8 Å². The molecule has 0 saturated carbocycles. The van der Waals surface area contributed by atoms with Gasteiger partial charge < -0.3 is 5.32 Å². The van der Waals surface area contributed by atoms with Crippen LogP contribution in [0.1, 0.15) is 10.4 Å². The standard InChI is InChI=1S/C15H9BrClN3OS/c16-9-3-4-11(19-8-9)13-12(5-7-22-13)20-15(21)10-2-1-6-18-14(10)17/h1-8H,(H,20,21). The van der Waals surface area contributed by atoms with Crippen molar-refractivity contribution in [2.75, 3.05) is 5.32 Å². The average Bonchev–Trinajstić information content (AvgIpc) is 2.96. The molecule has 0 radical (unpaired) electrons. The maximum atomic E-state index is 12.3. The van der Waals surface area contributed by atoms with E-state index in [1.807, 2.05) is 23.6 Å². The lowest BCUT2D eigenvalue weighted by Gasteiger charge is -2.07. The quantitative estimate of drug-likeness (QED) is 0.645. The van der Waals surface area contributed by atoms with Gasteiger partial charge in [0.2, 0.25) is 0 Å². The van der Waals surface area contributed by atoms with Crippen molar-refractivity contribution in [2.45, 2.75) is 0 Å². The highest BCUT2D eigenvalue weighted by molar-refractivity contribution is 9.10. The Morgan fingerprint density at radius 1 is 1.23 bits per heavy atom. The summed E-state index contributed by atoms with van der Waals surface area (Å²) in [6.45, 7) is 0. The Hall–Kier alpha value is -1.76. The summed E-state index contributed by atoms with van der Waals surface area (Å²) in [5, 5.41) is 4.94. The fourth-order valence-electron chi connectivity index (χ4n) is 1.86. The van der Waals surface area contributed by atoms with Crippen molar-refractivity contribution in [1.82, 2.24) is 9.97 Å². The Labute approximate surface area is 144 Å². The predicted octanol–water partition coefficient (Wildman–Crippen LogP) is 4.87. The summed E-state index contributed by atoms with van der Waals surface area (Å²) in [5.41, 5.74) is 1.83. The Bertz CT molecular complexity index is 820. The summed E-state index contributed by atoms with van der Waals surface area (Å²) < 4.78 is 0.903.